The van der Waals surface area contributed by atoms with Crippen molar-refractivity contribution in [3.63, 3.8) is 0 Å². The summed E-state index contributed by atoms with van der Waals surface area (Å²) >= 11 is 0. The molecular formula is C11H10N2O4. The van der Waals surface area contributed by atoms with Gasteiger partial charge in [-0.05, 0) is 25.1 Å². The van der Waals surface area contributed by atoms with Crippen LogP contribution in [0.15, 0.2) is 24.4 Å². The quantitative estimate of drug-likeness (QED) is 0.807. The van der Waals surface area contributed by atoms with Crippen LogP contribution in [0.4, 0.5) is 0 Å². The van der Waals surface area contributed by atoms with Crippen LogP contribution in [0.1, 0.15) is 27.8 Å². The summed E-state index contributed by atoms with van der Waals surface area (Å²) in [6, 6.07) is 4.41. The van der Waals surface area contributed by atoms with Gasteiger partial charge in [0.25, 0.3) is 0 Å². The van der Waals surface area contributed by atoms with Gasteiger partial charge in [-0.2, -0.15) is 5.10 Å². The molecule has 0 aliphatic rings. The molecule has 17 heavy (non-hydrogen) atoms. The Kier molecular flexibility index (Phi) is 2.78. The van der Waals surface area contributed by atoms with Crippen LogP contribution in [0, 0.1) is 0 Å². The molecule has 0 aromatic carbocycles. The molecule has 1 N–H and O–H groups in total. The molecule has 6 heteroatoms. The highest BCUT2D eigenvalue weighted by Crippen LogP contribution is 2.13. The number of nitrogens with zero attached hydrogens (tertiary/aromatic N) is 2. The normalized spacial score (nSPS) is 10.4. The highest BCUT2D eigenvalue weighted by Gasteiger charge is 2.15. The van der Waals surface area contributed by atoms with Crippen LogP contribution < -0.4 is 0 Å². The third-order valence-corrected chi connectivity index (χ3v) is 2.22. The fourth-order valence-electron chi connectivity index (χ4n) is 1.50. The number of ether oxygens (including phenoxy) is 1. The number of aromatic nitrogens is 2. The molecule has 0 unspecified atom stereocenters. The maximum atomic E-state index is 11.4. The number of aromatic carboxylic acids is 1. The number of hydrogen-bond acceptors (Lipinski definition) is 4. The molecule has 6 nitrogen and oxygen atoms in total. The van der Waals surface area contributed by atoms with Gasteiger partial charge in [-0.3, -0.25) is 0 Å². The maximum absolute atomic E-state index is 11.4. The second-order valence-corrected chi connectivity index (χ2v) is 3.31. The molecule has 0 amide bonds. The first-order valence-electron chi connectivity index (χ1n) is 5.02. The van der Waals surface area contributed by atoms with Crippen molar-refractivity contribution in [2.24, 2.45) is 0 Å². The van der Waals surface area contributed by atoms with E-state index in [1.54, 1.807) is 19.2 Å². The molecule has 0 aliphatic carbocycles. The Balaban J connectivity index is 2.54. The first kappa shape index (κ1) is 11.1. The van der Waals surface area contributed by atoms with E-state index in [0.29, 0.717) is 5.52 Å². The van der Waals surface area contributed by atoms with Crippen molar-refractivity contribution < 1.29 is 19.4 Å². The lowest BCUT2D eigenvalue weighted by molar-refractivity contribution is 0.0518. The number of fused-ring (bicyclic) bond motifs is 1. The average molecular weight is 234 g/mol. The summed E-state index contributed by atoms with van der Waals surface area (Å²) in [4.78, 5) is 22.4. The van der Waals surface area contributed by atoms with E-state index in [9.17, 15) is 9.59 Å². The molecule has 0 aliphatic heterocycles. The third kappa shape index (κ3) is 1.96. The van der Waals surface area contributed by atoms with Gasteiger partial charge >= 0.3 is 11.9 Å². The van der Waals surface area contributed by atoms with Crippen LogP contribution in [-0.2, 0) is 4.74 Å². The van der Waals surface area contributed by atoms with Crippen LogP contribution in [0.25, 0.3) is 5.52 Å². The molecule has 0 saturated heterocycles. The maximum Gasteiger partial charge on any atom is 0.358 e. The highest BCUT2D eigenvalue weighted by molar-refractivity contribution is 5.97. The van der Waals surface area contributed by atoms with Gasteiger partial charge in [-0.1, -0.05) is 0 Å². The summed E-state index contributed by atoms with van der Waals surface area (Å²) in [5.74, 6) is -1.63. The molecule has 0 atom stereocenters. The fourth-order valence-corrected chi connectivity index (χ4v) is 1.50. The number of carboxylic acid groups (broad SMARTS) is 1. The Bertz CT molecular complexity index is 588. The minimum Gasteiger partial charge on any atom is -0.478 e. The zero-order chi connectivity index (χ0) is 12.4. The van der Waals surface area contributed by atoms with Crippen LogP contribution >= 0.6 is 0 Å². The molecule has 0 spiro atoms. The van der Waals surface area contributed by atoms with Crippen molar-refractivity contribution in [2.45, 2.75) is 6.92 Å². The van der Waals surface area contributed by atoms with E-state index >= 15 is 0 Å². The lowest BCUT2D eigenvalue weighted by atomic mass is 10.2. The number of carbonyl (C=O) groups is 2. The first-order chi connectivity index (χ1) is 8.13. The average Bonchev–Trinajstić information content (AvgIpc) is 2.72. The minimum atomic E-state index is -1.06. The molecule has 2 heterocycles. The van der Waals surface area contributed by atoms with E-state index in [-0.39, 0.29) is 17.9 Å². The zero-order valence-corrected chi connectivity index (χ0v) is 9.08. The van der Waals surface area contributed by atoms with Crippen LogP contribution in [-0.4, -0.2) is 33.3 Å². The predicted octanol–water partition coefficient (Wildman–Crippen LogP) is 1.21. The molecule has 2 rings (SSSR count). The molecule has 2 aromatic heterocycles. The lowest BCUT2D eigenvalue weighted by Gasteiger charge is -1.96. The van der Waals surface area contributed by atoms with Gasteiger partial charge in [-0.15, -0.1) is 0 Å². The Morgan fingerprint density at radius 3 is 2.94 bits per heavy atom. The topological polar surface area (TPSA) is 80.9 Å². The number of pyridine rings is 1. The van der Waals surface area contributed by atoms with E-state index in [2.05, 4.69) is 5.10 Å². The summed E-state index contributed by atoms with van der Waals surface area (Å²) in [5.41, 5.74) is 0.555. The second kappa shape index (κ2) is 4.25. The van der Waals surface area contributed by atoms with Gasteiger partial charge in [0.05, 0.1) is 17.7 Å². The summed E-state index contributed by atoms with van der Waals surface area (Å²) < 4.78 is 6.14. The van der Waals surface area contributed by atoms with Crippen molar-refractivity contribution in [3.8, 4) is 0 Å². The monoisotopic (exact) mass is 234 g/mol. The highest BCUT2D eigenvalue weighted by atomic mass is 16.5. The minimum absolute atomic E-state index is 0.0931. The van der Waals surface area contributed by atoms with Crippen molar-refractivity contribution in [2.75, 3.05) is 6.61 Å². The number of esters is 1. The van der Waals surface area contributed by atoms with Gasteiger partial charge in [-0.25, -0.2) is 14.1 Å². The Morgan fingerprint density at radius 2 is 2.29 bits per heavy atom. The standard InChI is InChI=1S/C11H10N2O4/c1-2-17-11(16)8-6-9-7(10(14)15)4-3-5-13(9)12-8/h3-6H,2H2,1H3,(H,14,15). The molecule has 0 bridgehead atoms. The number of rotatable bonds is 3. The molecule has 88 valence electrons. The number of hydrogen-bond donors (Lipinski definition) is 1. The summed E-state index contributed by atoms with van der Waals surface area (Å²) in [6.07, 6.45) is 1.57. The summed E-state index contributed by atoms with van der Waals surface area (Å²) in [5, 5.41) is 12.9. The van der Waals surface area contributed by atoms with E-state index in [1.807, 2.05) is 0 Å². The number of carbonyl (C=O) groups excluding carboxylic acids is 1. The molecule has 0 fully saturated rings. The van der Waals surface area contributed by atoms with Crippen molar-refractivity contribution in [3.05, 3.63) is 35.7 Å². The summed E-state index contributed by atoms with van der Waals surface area (Å²) in [7, 11) is 0. The summed E-state index contributed by atoms with van der Waals surface area (Å²) in [6.45, 7) is 1.94. The van der Waals surface area contributed by atoms with Gasteiger partial charge < -0.3 is 9.84 Å². The Hall–Kier alpha value is -2.37. The lowest BCUT2D eigenvalue weighted by Crippen LogP contribution is -2.05. The SMILES string of the molecule is CCOC(=O)c1cc2c(C(=O)O)cccn2n1. The van der Waals surface area contributed by atoms with Crippen molar-refractivity contribution in [1.29, 1.82) is 0 Å². The van der Waals surface area contributed by atoms with E-state index in [1.165, 1.54) is 16.6 Å². The first-order valence-corrected chi connectivity index (χ1v) is 5.02. The van der Waals surface area contributed by atoms with Crippen LogP contribution in [0.2, 0.25) is 0 Å². The van der Waals surface area contributed by atoms with Crippen LogP contribution in [0.3, 0.4) is 0 Å². The van der Waals surface area contributed by atoms with Crippen LogP contribution in [0.5, 0.6) is 0 Å². The number of carboxylic acids is 1. The molecule has 0 saturated carbocycles. The van der Waals surface area contributed by atoms with E-state index < -0.39 is 11.9 Å². The van der Waals surface area contributed by atoms with E-state index in [0.717, 1.165) is 0 Å². The van der Waals surface area contributed by atoms with E-state index in [4.69, 9.17) is 9.84 Å². The Labute approximate surface area is 96.4 Å². The molecule has 0 radical (unpaired) electrons. The molecule has 2 aromatic rings. The molecular weight excluding hydrogens is 224 g/mol. The van der Waals surface area contributed by atoms with Gasteiger partial charge in [0.2, 0.25) is 0 Å². The second-order valence-electron chi connectivity index (χ2n) is 3.31. The van der Waals surface area contributed by atoms with Gasteiger partial charge in [0.1, 0.15) is 0 Å². The predicted molar refractivity (Wildman–Crippen MR) is 58.1 cm³/mol. The largest absolute Gasteiger partial charge is 0.478 e. The van der Waals surface area contributed by atoms with Gasteiger partial charge in [0, 0.05) is 6.20 Å². The fraction of sp³-hybridized carbons (Fsp3) is 0.182. The third-order valence-electron chi connectivity index (χ3n) is 2.22. The zero-order valence-electron chi connectivity index (χ0n) is 9.08. The van der Waals surface area contributed by atoms with Crippen molar-refractivity contribution >= 4 is 17.5 Å². The smallest absolute Gasteiger partial charge is 0.358 e. The van der Waals surface area contributed by atoms with Crippen molar-refractivity contribution in [1.82, 2.24) is 9.61 Å². The Morgan fingerprint density at radius 1 is 1.53 bits per heavy atom. The van der Waals surface area contributed by atoms with Gasteiger partial charge in [0.15, 0.2) is 5.69 Å².